The third-order valence-corrected chi connectivity index (χ3v) is 14.6. The zero-order valence-corrected chi connectivity index (χ0v) is 52.5. The molecule has 0 fully saturated rings. The van der Waals surface area contributed by atoms with Crippen LogP contribution in [0.4, 0.5) is 0 Å². The molecule has 0 unspecified atom stereocenters. The van der Waals surface area contributed by atoms with Gasteiger partial charge in [-0.25, -0.2) is 0 Å². The second-order valence-corrected chi connectivity index (χ2v) is 24.8. The minimum atomic E-state index is -0.209. The van der Waals surface area contributed by atoms with Crippen LogP contribution < -0.4 is 0 Å². The van der Waals surface area contributed by atoms with Crippen molar-refractivity contribution in [2.45, 2.75) is 78.6 Å². The maximum Gasteiger partial charge on any atom is 0.0562 e. The molecule has 0 aliphatic rings. The average molecular weight is 1150 g/mol. The van der Waals surface area contributed by atoms with Crippen LogP contribution in [0, 0.1) is 107 Å². The first-order valence-corrected chi connectivity index (χ1v) is 30.2. The molecule has 0 heterocycles. The highest BCUT2D eigenvalue weighted by molar-refractivity contribution is 5.69. The largest absolute Gasteiger partial charge is 0.0622 e. The van der Waals surface area contributed by atoms with Gasteiger partial charge in [0.15, 0.2) is 0 Å². The molecule has 10 aromatic rings. The van der Waals surface area contributed by atoms with Crippen molar-refractivity contribution >= 4 is 0 Å². The summed E-state index contributed by atoms with van der Waals surface area (Å²) >= 11 is 0. The number of rotatable bonds is 0. The molecule has 10 rings (SSSR count). The maximum atomic E-state index is 3.63. The van der Waals surface area contributed by atoms with Crippen LogP contribution >= 0.6 is 0 Å². The average Bonchev–Trinajstić information content (AvgIpc) is 2.16. The van der Waals surface area contributed by atoms with E-state index in [0.29, 0.717) is 16.7 Å². The Morgan fingerprint density at radius 2 is 0.322 bits per heavy atom. The molecule has 0 saturated carbocycles. The van der Waals surface area contributed by atoms with E-state index in [1.807, 2.05) is 200 Å². The molecule has 0 saturated heterocycles. The molecule has 0 spiro atoms. The summed E-state index contributed by atoms with van der Waals surface area (Å²) < 4.78 is 0. The van der Waals surface area contributed by atoms with Crippen LogP contribution in [0.5, 0.6) is 0 Å². The molecule has 0 heteroatoms. The van der Waals surface area contributed by atoms with Crippen molar-refractivity contribution in [3.8, 4) is 107 Å². The molecule has 0 N–H and O–H groups in total. The van der Waals surface area contributed by atoms with Gasteiger partial charge in [-0.1, -0.05) is 278 Å². The Labute approximate surface area is 535 Å². The van der Waals surface area contributed by atoms with Crippen molar-refractivity contribution < 1.29 is 0 Å². The predicted octanol–water partition coefficient (Wildman–Crippen LogP) is 18.2. The fraction of sp³-hybridized carbons (Fsp3) is 0.133. The second-order valence-electron chi connectivity index (χ2n) is 24.8. The van der Waals surface area contributed by atoms with E-state index in [2.05, 4.69) is 205 Å². The van der Waals surface area contributed by atoms with Crippen LogP contribution in [0.25, 0.3) is 0 Å². The molecule has 10 aromatic carbocycles. The minimum absolute atomic E-state index is 0.209. The van der Waals surface area contributed by atoms with Crippen molar-refractivity contribution in [1.29, 1.82) is 0 Å². The van der Waals surface area contributed by atoms with Gasteiger partial charge in [0, 0.05) is 83.5 Å². The van der Waals surface area contributed by atoms with E-state index < -0.39 is 0 Å². The van der Waals surface area contributed by atoms with Crippen molar-refractivity contribution in [1.82, 2.24) is 0 Å². The molecule has 0 amide bonds. The Morgan fingerprint density at radius 3 is 0.478 bits per heavy atom. The van der Waals surface area contributed by atoms with E-state index in [0.717, 1.165) is 100 Å². The molecular formula is C90H66. The molecule has 0 aromatic heterocycles. The zero-order valence-electron chi connectivity index (χ0n) is 52.5. The lowest BCUT2D eigenvalue weighted by atomic mass is 9.83. The summed E-state index contributed by atoms with van der Waals surface area (Å²) in [5.74, 6) is 63.6. The molecule has 0 nitrogen and oxygen atoms in total. The summed E-state index contributed by atoms with van der Waals surface area (Å²) in [5.41, 5.74) is 17.0. The topological polar surface area (TPSA) is 0 Å². The summed E-state index contributed by atoms with van der Waals surface area (Å²) in [6.45, 7) is 19.9. The standard InChI is InChI=1S/C90H66/c1-88(2,3)82-61-76(49-40-67-28-16-10-17-29-67)85(77(62-82)50-41-68-30-18-11-19-31-68)55-46-73-58-74(47-56-86-78(51-42-69-32-20-12-21-33-69)63-83(89(4,5)6)64-79(86)52-43-70-34-22-13-23-35-70)60-75(59-73)48-57-87-80(53-44-71-36-24-14-25-37-71)65-84(90(7,8)9)66-81(87)54-45-72-38-26-15-27-39-72/h10-39,58-66H,1-9H3. The van der Waals surface area contributed by atoms with Gasteiger partial charge in [-0.05, 0) is 160 Å². The Hall–Kier alpha value is -11.8. The van der Waals surface area contributed by atoms with Crippen molar-refractivity contribution in [3.05, 3.63) is 353 Å². The van der Waals surface area contributed by atoms with Gasteiger partial charge in [-0.2, -0.15) is 0 Å². The van der Waals surface area contributed by atoms with Crippen LogP contribution in [-0.4, -0.2) is 0 Å². The van der Waals surface area contributed by atoms with E-state index in [4.69, 9.17) is 0 Å². The quantitative estimate of drug-likeness (QED) is 0.133. The SMILES string of the molecule is CC(C)(C)c1cc(C#Cc2ccccc2)c(C#Cc2cc(C#Cc3c(C#Cc4ccccc4)cc(C(C)(C)C)cc3C#Cc3ccccc3)cc(C#Cc3c(C#Cc4ccccc4)cc(C(C)(C)C)cc3C#Cc3ccccc3)c2)c(C#Cc2ccccc2)c1. The van der Waals surface area contributed by atoms with Crippen molar-refractivity contribution in [2.75, 3.05) is 0 Å². The summed E-state index contributed by atoms with van der Waals surface area (Å²) in [6, 6.07) is 79.3. The number of benzene rings is 10. The third kappa shape index (κ3) is 17.0. The highest BCUT2D eigenvalue weighted by atomic mass is 14.2. The monoisotopic (exact) mass is 1150 g/mol. The van der Waals surface area contributed by atoms with Crippen molar-refractivity contribution in [2.24, 2.45) is 0 Å². The normalized spacial score (nSPS) is 10.4. The maximum absolute atomic E-state index is 3.63. The zero-order chi connectivity index (χ0) is 62.9. The van der Waals surface area contributed by atoms with Crippen LogP contribution in [0.3, 0.4) is 0 Å². The molecule has 0 radical (unpaired) electrons. The highest BCUT2D eigenvalue weighted by Gasteiger charge is 2.21. The first-order valence-electron chi connectivity index (χ1n) is 30.2. The Bertz CT molecular complexity index is 4160. The van der Waals surface area contributed by atoms with E-state index in [1.165, 1.54) is 0 Å². The fourth-order valence-corrected chi connectivity index (χ4v) is 9.43. The molecule has 0 aliphatic heterocycles. The van der Waals surface area contributed by atoms with Gasteiger partial charge >= 0.3 is 0 Å². The molecule has 0 atom stereocenters. The highest BCUT2D eigenvalue weighted by Crippen LogP contribution is 2.31. The summed E-state index contributed by atoms with van der Waals surface area (Å²) in [4.78, 5) is 0. The number of hydrogen-bond donors (Lipinski definition) is 0. The summed E-state index contributed by atoms with van der Waals surface area (Å²) in [7, 11) is 0. The lowest BCUT2D eigenvalue weighted by molar-refractivity contribution is 0.589. The van der Waals surface area contributed by atoms with E-state index in [9.17, 15) is 0 Å². The summed E-state index contributed by atoms with van der Waals surface area (Å²) in [6.07, 6.45) is 0. The molecule has 90 heavy (non-hydrogen) atoms. The predicted molar refractivity (Wildman–Crippen MR) is 374 cm³/mol. The van der Waals surface area contributed by atoms with Crippen LogP contribution in [0.2, 0.25) is 0 Å². The second kappa shape index (κ2) is 28.2. The lowest BCUT2D eigenvalue weighted by Crippen LogP contribution is -2.12. The van der Waals surface area contributed by atoms with Gasteiger partial charge < -0.3 is 0 Å². The Morgan fingerprint density at radius 1 is 0.167 bits per heavy atom. The van der Waals surface area contributed by atoms with Gasteiger partial charge in [-0.15, -0.1) is 0 Å². The first-order chi connectivity index (χ1) is 43.5. The molecule has 0 bridgehead atoms. The van der Waals surface area contributed by atoms with E-state index in [-0.39, 0.29) is 16.2 Å². The summed E-state index contributed by atoms with van der Waals surface area (Å²) in [5, 5.41) is 0. The molecule has 0 aliphatic carbocycles. The van der Waals surface area contributed by atoms with Gasteiger partial charge in [0.05, 0.1) is 16.7 Å². The van der Waals surface area contributed by atoms with Gasteiger partial charge in [0.25, 0.3) is 0 Å². The van der Waals surface area contributed by atoms with E-state index >= 15 is 0 Å². The third-order valence-electron chi connectivity index (χ3n) is 14.6. The lowest BCUT2D eigenvalue weighted by Gasteiger charge is -2.20. The first kappa shape index (κ1) is 61.3. The Balaban J connectivity index is 1.24. The van der Waals surface area contributed by atoms with Crippen LogP contribution in [0.1, 0.15) is 179 Å². The molecular weight excluding hydrogens is 1080 g/mol. The number of hydrogen-bond acceptors (Lipinski definition) is 0. The molecule has 426 valence electrons. The van der Waals surface area contributed by atoms with Gasteiger partial charge in [0.2, 0.25) is 0 Å². The smallest absolute Gasteiger partial charge is 0.0562 e. The van der Waals surface area contributed by atoms with Crippen molar-refractivity contribution in [3.63, 3.8) is 0 Å². The van der Waals surface area contributed by atoms with Crippen LogP contribution in [0.15, 0.2) is 237 Å². The van der Waals surface area contributed by atoms with E-state index in [1.54, 1.807) is 0 Å². The van der Waals surface area contributed by atoms with Crippen LogP contribution in [-0.2, 0) is 16.2 Å². The van der Waals surface area contributed by atoms with Gasteiger partial charge in [0.1, 0.15) is 0 Å². The fourth-order valence-electron chi connectivity index (χ4n) is 9.43. The minimum Gasteiger partial charge on any atom is -0.0622 e. The van der Waals surface area contributed by atoms with Gasteiger partial charge in [-0.3, -0.25) is 0 Å². The Kier molecular flexibility index (Phi) is 19.2.